The van der Waals surface area contributed by atoms with Crippen LogP contribution in [0.4, 0.5) is 0 Å². The maximum atomic E-state index is 5.93. The number of hydrogen-bond acceptors (Lipinski definition) is 1. The highest BCUT2D eigenvalue weighted by Crippen LogP contribution is 2.48. The van der Waals surface area contributed by atoms with E-state index < -0.39 is 0 Å². The van der Waals surface area contributed by atoms with Gasteiger partial charge in [0.2, 0.25) is 0 Å². The van der Waals surface area contributed by atoms with Gasteiger partial charge in [0.15, 0.2) is 0 Å². The van der Waals surface area contributed by atoms with E-state index in [2.05, 4.69) is 71.0 Å². The molecule has 0 saturated carbocycles. The van der Waals surface area contributed by atoms with E-state index in [9.17, 15) is 0 Å². The van der Waals surface area contributed by atoms with E-state index in [-0.39, 0.29) is 5.41 Å². The average molecular weight is 306 g/mol. The van der Waals surface area contributed by atoms with Gasteiger partial charge < -0.3 is 4.74 Å². The minimum atomic E-state index is 0.0423. The van der Waals surface area contributed by atoms with Crippen LogP contribution in [0.5, 0.6) is 5.75 Å². The van der Waals surface area contributed by atoms with Gasteiger partial charge in [0, 0.05) is 11.1 Å². The maximum Gasteiger partial charge on any atom is 0.130 e. The zero-order chi connectivity index (χ0) is 16.8. The second kappa shape index (κ2) is 5.56. The Labute approximate surface area is 140 Å². The van der Waals surface area contributed by atoms with Crippen LogP contribution in [0.2, 0.25) is 0 Å². The lowest BCUT2D eigenvalue weighted by atomic mass is 9.81. The van der Waals surface area contributed by atoms with Gasteiger partial charge in [-0.25, -0.2) is 0 Å². The number of fused-ring (bicyclic) bond motifs is 1. The Kier molecular flexibility index (Phi) is 3.83. The molecular weight excluding hydrogens is 280 g/mol. The molecule has 0 fully saturated rings. The molecule has 0 unspecified atom stereocenters. The lowest BCUT2D eigenvalue weighted by Crippen LogP contribution is -2.14. The first-order valence-corrected chi connectivity index (χ1v) is 8.31. The first-order valence-electron chi connectivity index (χ1n) is 8.31. The summed E-state index contributed by atoms with van der Waals surface area (Å²) in [4.78, 5) is 0. The highest BCUT2D eigenvalue weighted by atomic mass is 16.5. The summed E-state index contributed by atoms with van der Waals surface area (Å²) >= 11 is 0. The molecule has 3 rings (SSSR count). The van der Waals surface area contributed by atoms with E-state index in [1.807, 2.05) is 0 Å². The Bertz CT molecular complexity index is 774. The molecule has 0 aromatic heterocycles. The SMILES string of the molecule is COc1c(C(C)(C)C)cc2c(c1-c1ccccc1)CC(C)=C2C. The van der Waals surface area contributed by atoms with Crippen LogP contribution in [0.15, 0.2) is 42.0 Å². The number of ether oxygens (including phenoxy) is 1. The summed E-state index contributed by atoms with van der Waals surface area (Å²) in [6.07, 6.45) is 1.02. The van der Waals surface area contributed by atoms with Crippen LogP contribution in [0.1, 0.15) is 51.3 Å². The van der Waals surface area contributed by atoms with Gasteiger partial charge in [0.25, 0.3) is 0 Å². The summed E-state index contributed by atoms with van der Waals surface area (Å²) < 4.78 is 5.93. The van der Waals surface area contributed by atoms with Gasteiger partial charge in [-0.2, -0.15) is 0 Å². The largest absolute Gasteiger partial charge is 0.496 e. The van der Waals surface area contributed by atoms with Crippen LogP contribution < -0.4 is 4.74 Å². The van der Waals surface area contributed by atoms with Crippen molar-refractivity contribution < 1.29 is 4.74 Å². The van der Waals surface area contributed by atoms with Gasteiger partial charge in [0.1, 0.15) is 5.75 Å². The normalized spacial score (nSPS) is 14.2. The molecule has 0 aliphatic heterocycles. The highest BCUT2D eigenvalue weighted by Gasteiger charge is 2.29. The molecule has 0 atom stereocenters. The molecular formula is C22H26O. The third-order valence-electron chi connectivity index (χ3n) is 4.95. The Balaban J connectivity index is 2.39. The number of methoxy groups -OCH3 is 1. The summed E-state index contributed by atoms with van der Waals surface area (Å²) in [5.41, 5.74) is 9.53. The Morgan fingerprint density at radius 1 is 1.00 bits per heavy atom. The molecule has 0 radical (unpaired) electrons. The first kappa shape index (κ1) is 15.9. The third-order valence-corrected chi connectivity index (χ3v) is 4.95. The third kappa shape index (κ3) is 2.59. The Hall–Kier alpha value is -2.02. The summed E-state index contributed by atoms with van der Waals surface area (Å²) in [7, 11) is 1.80. The molecule has 0 spiro atoms. The summed E-state index contributed by atoms with van der Waals surface area (Å²) in [5.74, 6) is 1.03. The van der Waals surface area contributed by atoms with E-state index in [1.165, 1.54) is 39.0 Å². The molecule has 0 bridgehead atoms. The van der Waals surface area contributed by atoms with Crippen molar-refractivity contribution in [2.24, 2.45) is 0 Å². The van der Waals surface area contributed by atoms with Crippen molar-refractivity contribution in [1.29, 1.82) is 0 Å². The number of rotatable bonds is 2. The predicted molar refractivity (Wildman–Crippen MR) is 99.1 cm³/mol. The van der Waals surface area contributed by atoms with Crippen molar-refractivity contribution in [2.45, 2.75) is 46.5 Å². The quantitative estimate of drug-likeness (QED) is 0.660. The topological polar surface area (TPSA) is 9.23 Å². The van der Waals surface area contributed by atoms with Gasteiger partial charge in [0.05, 0.1) is 7.11 Å². The van der Waals surface area contributed by atoms with E-state index in [0.29, 0.717) is 0 Å². The summed E-state index contributed by atoms with van der Waals surface area (Å²) in [6, 6.07) is 13.0. The standard InChI is InChI=1S/C22H26O/c1-14-12-18-17(15(14)2)13-19(22(3,4)5)21(23-6)20(18)16-10-8-7-9-11-16/h7-11,13H,12H2,1-6H3. The monoisotopic (exact) mass is 306 g/mol. The first-order chi connectivity index (χ1) is 10.8. The zero-order valence-corrected chi connectivity index (χ0v) is 15.1. The van der Waals surface area contributed by atoms with Crippen molar-refractivity contribution in [3.8, 4) is 16.9 Å². The fourth-order valence-corrected chi connectivity index (χ4v) is 3.53. The van der Waals surface area contributed by atoms with Crippen molar-refractivity contribution in [2.75, 3.05) is 7.11 Å². The molecule has 23 heavy (non-hydrogen) atoms. The molecule has 0 saturated heterocycles. The second-order valence-corrected chi connectivity index (χ2v) is 7.56. The molecule has 2 aromatic rings. The molecule has 2 aromatic carbocycles. The molecule has 1 aliphatic carbocycles. The predicted octanol–water partition coefficient (Wildman–Crippen LogP) is 6.01. The number of allylic oxidation sites excluding steroid dienone is 2. The van der Waals surface area contributed by atoms with Crippen LogP contribution in [0.3, 0.4) is 0 Å². The van der Waals surface area contributed by atoms with Gasteiger partial charge in [-0.3, -0.25) is 0 Å². The van der Waals surface area contributed by atoms with Crippen molar-refractivity contribution in [1.82, 2.24) is 0 Å². The van der Waals surface area contributed by atoms with E-state index in [4.69, 9.17) is 4.74 Å². The molecule has 1 nitrogen and oxygen atoms in total. The van der Waals surface area contributed by atoms with Crippen molar-refractivity contribution in [3.05, 3.63) is 58.7 Å². The van der Waals surface area contributed by atoms with E-state index in [1.54, 1.807) is 7.11 Å². The second-order valence-electron chi connectivity index (χ2n) is 7.56. The van der Waals surface area contributed by atoms with Gasteiger partial charge in [-0.05, 0) is 54.0 Å². The van der Waals surface area contributed by atoms with Gasteiger partial charge >= 0.3 is 0 Å². The average Bonchev–Trinajstić information content (AvgIpc) is 2.80. The Morgan fingerprint density at radius 2 is 1.65 bits per heavy atom. The zero-order valence-electron chi connectivity index (χ0n) is 15.1. The smallest absolute Gasteiger partial charge is 0.130 e. The number of benzene rings is 2. The maximum absolute atomic E-state index is 5.93. The van der Waals surface area contributed by atoms with Gasteiger partial charge in [-0.1, -0.05) is 56.7 Å². The van der Waals surface area contributed by atoms with E-state index >= 15 is 0 Å². The van der Waals surface area contributed by atoms with Crippen LogP contribution >= 0.6 is 0 Å². The molecule has 0 amide bonds. The lowest BCUT2D eigenvalue weighted by Gasteiger charge is -2.27. The van der Waals surface area contributed by atoms with Crippen LogP contribution in [0, 0.1) is 0 Å². The molecule has 0 N–H and O–H groups in total. The lowest BCUT2D eigenvalue weighted by molar-refractivity contribution is 0.399. The Morgan fingerprint density at radius 3 is 2.22 bits per heavy atom. The number of hydrogen-bond donors (Lipinski definition) is 0. The minimum Gasteiger partial charge on any atom is -0.496 e. The van der Waals surface area contributed by atoms with E-state index in [0.717, 1.165) is 12.2 Å². The van der Waals surface area contributed by atoms with Crippen LogP contribution in [-0.2, 0) is 11.8 Å². The van der Waals surface area contributed by atoms with Crippen LogP contribution in [0.25, 0.3) is 16.7 Å². The fraction of sp³-hybridized carbons (Fsp3) is 0.364. The molecule has 0 heterocycles. The minimum absolute atomic E-state index is 0.0423. The van der Waals surface area contributed by atoms with Gasteiger partial charge in [-0.15, -0.1) is 0 Å². The van der Waals surface area contributed by atoms with Crippen LogP contribution in [-0.4, -0.2) is 7.11 Å². The van der Waals surface area contributed by atoms with Crippen molar-refractivity contribution >= 4 is 5.57 Å². The molecule has 1 heteroatoms. The highest BCUT2D eigenvalue weighted by molar-refractivity contribution is 5.87. The summed E-state index contributed by atoms with van der Waals surface area (Å²) in [6.45, 7) is 11.3. The molecule has 120 valence electrons. The fourth-order valence-electron chi connectivity index (χ4n) is 3.53. The summed E-state index contributed by atoms with van der Waals surface area (Å²) in [5, 5.41) is 0. The van der Waals surface area contributed by atoms with Crippen molar-refractivity contribution in [3.63, 3.8) is 0 Å². The molecule has 1 aliphatic rings.